The van der Waals surface area contributed by atoms with Crippen molar-refractivity contribution < 1.29 is 0 Å². The van der Waals surface area contributed by atoms with Crippen molar-refractivity contribution in [3.63, 3.8) is 0 Å². The molecule has 2 nitrogen and oxygen atoms in total. The van der Waals surface area contributed by atoms with Crippen LogP contribution in [-0.2, 0) is 0 Å². The highest BCUT2D eigenvalue weighted by molar-refractivity contribution is 9.10. The van der Waals surface area contributed by atoms with Gasteiger partial charge in [0, 0.05) is 17.1 Å². The zero-order valence-electron chi connectivity index (χ0n) is 11.3. The molecule has 1 heterocycles. The quantitative estimate of drug-likeness (QED) is 0.921. The summed E-state index contributed by atoms with van der Waals surface area (Å²) in [7, 11) is 0. The van der Waals surface area contributed by atoms with Gasteiger partial charge in [0.2, 0.25) is 0 Å². The van der Waals surface area contributed by atoms with Crippen LogP contribution in [-0.4, -0.2) is 24.5 Å². The van der Waals surface area contributed by atoms with Crippen molar-refractivity contribution in [1.29, 1.82) is 0 Å². The normalized spacial score (nSPS) is 21.1. The molecule has 1 aliphatic heterocycles. The van der Waals surface area contributed by atoms with Gasteiger partial charge in [0.15, 0.2) is 0 Å². The third-order valence-electron chi connectivity index (χ3n) is 3.81. The van der Waals surface area contributed by atoms with Gasteiger partial charge in [-0.3, -0.25) is 0 Å². The largest absolute Gasteiger partial charge is 0.324 e. The lowest BCUT2D eigenvalue weighted by Gasteiger charge is -2.21. The fraction of sp³-hybridized carbons (Fsp3) is 0.600. The van der Waals surface area contributed by atoms with E-state index in [9.17, 15) is 0 Å². The summed E-state index contributed by atoms with van der Waals surface area (Å²) in [6.07, 6.45) is 2.35. The Morgan fingerprint density at radius 3 is 2.56 bits per heavy atom. The maximum absolute atomic E-state index is 6.25. The Morgan fingerprint density at radius 1 is 1.33 bits per heavy atom. The van der Waals surface area contributed by atoms with Crippen LogP contribution in [0.4, 0.5) is 0 Å². The van der Waals surface area contributed by atoms with Crippen LogP contribution in [0.3, 0.4) is 0 Å². The van der Waals surface area contributed by atoms with E-state index in [-0.39, 0.29) is 6.04 Å². The van der Waals surface area contributed by atoms with Crippen LogP contribution in [0.25, 0.3) is 0 Å². The van der Waals surface area contributed by atoms with Crippen molar-refractivity contribution in [2.24, 2.45) is 11.1 Å². The first kappa shape index (κ1) is 14.0. The van der Waals surface area contributed by atoms with Crippen molar-refractivity contribution in [3.05, 3.63) is 34.3 Å². The van der Waals surface area contributed by atoms with E-state index < -0.39 is 0 Å². The van der Waals surface area contributed by atoms with Crippen molar-refractivity contribution in [2.75, 3.05) is 19.6 Å². The van der Waals surface area contributed by atoms with Gasteiger partial charge in [0.1, 0.15) is 0 Å². The fourth-order valence-corrected chi connectivity index (χ4v) is 2.88. The Bertz CT molecular complexity index is 386. The lowest BCUT2D eigenvalue weighted by atomic mass is 9.93. The molecule has 2 N–H and O–H groups in total. The molecule has 1 unspecified atom stereocenters. The first-order valence-electron chi connectivity index (χ1n) is 6.70. The highest BCUT2D eigenvalue weighted by Crippen LogP contribution is 2.29. The van der Waals surface area contributed by atoms with Crippen molar-refractivity contribution in [2.45, 2.75) is 32.7 Å². The van der Waals surface area contributed by atoms with E-state index in [2.05, 4.69) is 58.9 Å². The number of halogens is 1. The minimum Gasteiger partial charge on any atom is -0.324 e. The molecule has 1 fully saturated rings. The van der Waals surface area contributed by atoms with Gasteiger partial charge in [-0.05, 0) is 49.0 Å². The zero-order valence-corrected chi connectivity index (χ0v) is 12.9. The van der Waals surface area contributed by atoms with Crippen LogP contribution in [0.5, 0.6) is 0 Å². The summed E-state index contributed by atoms with van der Waals surface area (Å²) in [6, 6.07) is 8.51. The average Bonchev–Trinajstić information content (AvgIpc) is 2.67. The second-order valence-corrected chi connectivity index (χ2v) is 7.05. The second-order valence-electron chi connectivity index (χ2n) is 6.14. The van der Waals surface area contributed by atoms with E-state index in [0.29, 0.717) is 5.41 Å². The Balaban J connectivity index is 1.82. The van der Waals surface area contributed by atoms with E-state index in [1.807, 2.05) is 0 Å². The predicted octanol–water partition coefficient (Wildman–Crippen LogP) is 3.57. The molecule has 3 heteroatoms. The summed E-state index contributed by atoms with van der Waals surface area (Å²) in [4.78, 5) is 2.54. The summed E-state index contributed by atoms with van der Waals surface area (Å²) < 4.78 is 1.11. The van der Waals surface area contributed by atoms with E-state index >= 15 is 0 Å². The van der Waals surface area contributed by atoms with Crippen LogP contribution < -0.4 is 5.73 Å². The zero-order chi connectivity index (χ0) is 13.2. The molecule has 0 amide bonds. The smallest absolute Gasteiger partial charge is 0.0307 e. The van der Waals surface area contributed by atoms with Gasteiger partial charge in [0.25, 0.3) is 0 Å². The molecular weight excluding hydrogens is 288 g/mol. The minimum absolute atomic E-state index is 0.154. The average molecular weight is 311 g/mol. The van der Waals surface area contributed by atoms with Gasteiger partial charge in [-0.25, -0.2) is 0 Å². The molecule has 1 atom stereocenters. The molecule has 0 saturated carbocycles. The maximum Gasteiger partial charge on any atom is 0.0307 e. The van der Waals surface area contributed by atoms with Crippen LogP contribution in [0.1, 0.15) is 38.3 Å². The number of hydrogen-bond acceptors (Lipinski definition) is 2. The fourth-order valence-electron chi connectivity index (χ4n) is 2.61. The van der Waals surface area contributed by atoms with Gasteiger partial charge in [-0.2, -0.15) is 0 Å². The molecule has 0 bridgehead atoms. The van der Waals surface area contributed by atoms with E-state index in [1.165, 1.54) is 25.1 Å². The second kappa shape index (κ2) is 5.72. The molecule has 0 aliphatic carbocycles. The van der Waals surface area contributed by atoms with Crippen molar-refractivity contribution >= 4 is 15.9 Å². The van der Waals surface area contributed by atoms with Crippen molar-refractivity contribution in [1.82, 2.24) is 4.90 Å². The monoisotopic (exact) mass is 310 g/mol. The van der Waals surface area contributed by atoms with Gasteiger partial charge < -0.3 is 10.6 Å². The number of benzene rings is 1. The van der Waals surface area contributed by atoms with Crippen LogP contribution >= 0.6 is 15.9 Å². The van der Waals surface area contributed by atoms with Gasteiger partial charge >= 0.3 is 0 Å². The summed E-state index contributed by atoms with van der Waals surface area (Å²) in [5, 5.41) is 0. The predicted molar refractivity (Wildman–Crippen MR) is 80.5 cm³/mol. The third kappa shape index (κ3) is 3.81. The molecule has 0 spiro atoms. The minimum atomic E-state index is 0.154. The van der Waals surface area contributed by atoms with Crippen LogP contribution in [0.15, 0.2) is 28.7 Å². The Labute approximate surface area is 119 Å². The summed E-state index contributed by atoms with van der Waals surface area (Å²) in [5.74, 6) is 0. The third-order valence-corrected chi connectivity index (χ3v) is 4.34. The Kier molecular flexibility index (Phi) is 4.46. The summed E-state index contributed by atoms with van der Waals surface area (Å²) in [5.41, 5.74) is 7.97. The molecule has 100 valence electrons. The molecule has 1 saturated heterocycles. The molecule has 1 aliphatic rings. The highest BCUT2D eigenvalue weighted by atomic mass is 79.9. The van der Waals surface area contributed by atoms with Crippen molar-refractivity contribution in [3.8, 4) is 0 Å². The number of nitrogens with zero attached hydrogens (tertiary/aromatic N) is 1. The van der Waals surface area contributed by atoms with Crippen LogP contribution in [0, 0.1) is 5.41 Å². The Hall–Kier alpha value is -0.380. The molecule has 1 aromatic carbocycles. The SMILES string of the molecule is CC1(C)CCN(CCC(N)c2ccc(Br)cc2)C1. The molecular formula is C15H23BrN2. The molecule has 2 rings (SSSR count). The van der Waals surface area contributed by atoms with Gasteiger partial charge in [0.05, 0.1) is 0 Å². The molecule has 18 heavy (non-hydrogen) atoms. The van der Waals surface area contributed by atoms with E-state index in [1.54, 1.807) is 0 Å². The van der Waals surface area contributed by atoms with Crippen LogP contribution in [0.2, 0.25) is 0 Å². The summed E-state index contributed by atoms with van der Waals surface area (Å²) in [6.45, 7) is 8.24. The summed E-state index contributed by atoms with van der Waals surface area (Å²) >= 11 is 3.45. The topological polar surface area (TPSA) is 29.3 Å². The number of rotatable bonds is 4. The number of likely N-dealkylation sites (tertiary alicyclic amines) is 1. The molecule has 1 aromatic rings. The Morgan fingerprint density at radius 2 is 2.00 bits per heavy atom. The van der Waals surface area contributed by atoms with Gasteiger partial charge in [-0.1, -0.05) is 41.9 Å². The standard InChI is InChI=1S/C15H23BrN2/c1-15(2)8-10-18(11-15)9-7-14(17)12-3-5-13(16)6-4-12/h3-6,14H,7-11,17H2,1-2H3. The van der Waals surface area contributed by atoms with E-state index in [0.717, 1.165) is 17.4 Å². The first-order chi connectivity index (χ1) is 8.46. The molecule has 0 radical (unpaired) electrons. The highest BCUT2D eigenvalue weighted by Gasteiger charge is 2.28. The number of hydrogen-bond donors (Lipinski definition) is 1. The van der Waals surface area contributed by atoms with E-state index in [4.69, 9.17) is 5.73 Å². The number of nitrogens with two attached hydrogens (primary N) is 1. The lowest BCUT2D eigenvalue weighted by molar-refractivity contribution is 0.281. The lowest BCUT2D eigenvalue weighted by Crippen LogP contribution is -2.27. The first-order valence-corrected chi connectivity index (χ1v) is 7.49. The van der Waals surface area contributed by atoms with Gasteiger partial charge in [-0.15, -0.1) is 0 Å². The molecule has 0 aromatic heterocycles. The maximum atomic E-state index is 6.25.